The Morgan fingerprint density at radius 1 is 0.943 bits per heavy atom. The van der Waals surface area contributed by atoms with Crippen LogP contribution in [0.4, 0.5) is 5.82 Å². The van der Waals surface area contributed by atoms with Crippen LogP contribution in [0.15, 0.2) is 85.1 Å². The second-order valence-electron chi connectivity index (χ2n) is 8.27. The average Bonchev–Trinajstić information content (AvgIpc) is 3.30. The molecule has 0 fully saturated rings. The van der Waals surface area contributed by atoms with Gasteiger partial charge in [-0.1, -0.05) is 48.5 Å². The van der Waals surface area contributed by atoms with Gasteiger partial charge in [-0.05, 0) is 60.4 Å². The van der Waals surface area contributed by atoms with Crippen molar-refractivity contribution in [1.82, 2.24) is 9.78 Å². The van der Waals surface area contributed by atoms with E-state index in [1.165, 1.54) is 17.2 Å². The topological polar surface area (TPSA) is 65.4 Å². The molecule has 0 unspecified atom stereocenters. The van der Waals surface area contributed by atoms with E-state index in [0.717, 1.165) is 28.2 Å². The van der Waals surface area contributed by atoms with Gasteiger partial charge < -0.3 is 14.8 Å². The molecule has 0 radical (unpaired) electrons. The van der Waals surface area contributed by atoms with Gasteiger partial charge in [0.25, 0.3) is 0 Å². The summed E-state index contributed by atoms with van der Waals surface area (Å²) in [5.41, 5.74) is 5.23. The van der Waals surface area contributed by atoms with Crippen molar-refractivity contribution < 1.29 is 14.3 Å². The van der Waals surface area contributed by atoms with Gasteiger partial charge >= 0.3 is 0 Å². The number of para-hydroxylation sites is 1. The number of methoxy groups -OCH3 is 1. The molecule has 0 saturated carbocycles. The van der Waals surface area contributed by atoms with E-state index < -0.39 is 0 Å². The summed E-state index contributed by atoms with van der Waals surface area (Å²) in [6.07, 6.45) is 5.11. The Kier molecular flexibility index (Phi) is 7.63. The van der Waals surface area contributed by atoms with Crippen LogP contribution in [0.1, 0.15) is 27.8 Å². The Morgan fingerprint density at radius 3 is 2.49 bits per heavy atom. The predicted octanol–water partition coefficient (Wildman–Crippen LogP) is 5.79. The number of nitrogens with zero attached hydrogens (tertiary/aromatic N) is 2. The first-order valence-electron chi connectivity index (χ1n) is 11.4. The molecule has 1 N–H and O–H groups in total. The first kappa shape index (κ1) is 23.8. The zero-order valence-corrected chi connectivity index (χ0v) is 20.2. The summed E-state index contributed by atoms with van der Waals surface area (Å²) < 4.78 is 13.3. The largest absolute Gasteiger partial charge is 0.496 e. The number of benzene rings is 3. The summed E-state index contributed by atoms with van der Waals surface area (Å²) in [6, 6.07) is 23.6. The molecule has 1 amide bonds. The minimum atomic E-state index is -0.250. The smallest absolute Gasteiger partial charge is 0.249 e. The maximum Gasteiger partial charge on any atom is 0.249 e. The van der Waals surface area contributed by atoms with Gasteiger partial charge in [-0.3, -0.25) is 9.48 Å². The normalized spacial score (nSPS) is 10.9. The van der Waals surface area contributed by atoms with Gasteiger partial charge in [0.1, 0.15) is 18.1 Å². The Bertz CT molecular complexity index is 1340. The molecule has 0 atom stereocenters. The fraction of sp³-hybridized carbons (Fsp3) is 0.172. The lowest BCUT2D eigenvalue weighted by Gasteiger charge is -2.12. The van der Waals surface area contributed by atoms with Gasteiger partial charge in [-0.15, -0.1) is 0 Å². The quantitative estimate of drug-likeness (QED) is 0.317. The zero-order valence-electron chi connectivity index (χ0n) is 20.2. The number of hydrogen-bond acceptors (Lipinski definition) is 4. The van der Waals surface area contributed by atoms with Crippen molar-refractivity contribution in [3.63, 3.8) is 0 Å². The summed E-state index contributed by atoms with van der Waals surface area (Å²) in [6.45, 7) is 5.10. The van der Waals surface area contributed by atoms with E-state index in [0.29, 0.717) is 19.0 Å². The van der Waals surface area contributed by atoms with E-state index in [2.05, 4.69) is 29.5 Å². The molecular weight excluding hydrogens is 438 g/mol. The van der Waals surface area contributed by atoms with Gasteiger partial charge in [0, 0.05) is 23.9 Å². The summed E-state index contributed by atoms with van der Waals surface area (Å²) in [5, 5.41) is 7.27. The molecule has 4 rings (SSSR count). The molecule has 35 heavy (non-hydrogen) atoms. The van der Waals surface area contributed by atoms with Gasteiger partial charge in [0.15, 0.2) is 5.82 Å². The van der Waals surface area contributed by atoms with Crippen molar-refractivity contribution in [2.24, 2.45) is 0 Å². The number of ether oxygens (including phenoxy) is 2. The number of aromatic nitrogens is 2. The fourth-order valence-electron chi connectivity index (χ4n) is 3.71. The van der Waals surface area contributed by atoms with E-state index in [1.54, 1.807) is 19.3 Å². The highest BCUT2D eigenvalue weighted by Crippen LogP contribution is 2.24. The maximum atomic E-state index is 12.5. The molecule has 0 aliphatic rings. The molecule has 6 heteroatoms. The van der Waals surface area contributed by atoms with Crippen molar-refractivity contribution >= 4 is 17.8 Å². The van der Waals surface area contributed by atoms with Crippen LogP contribution in [0, 0.1) is 13.8 Å². The lowest BCUT2D eigenvalue weighted by Crippen LogP contribution is -2.09. The number of hydrogen-bond donors (Lipinski definition) is 1. The molecule has 0 bridgehead atoms. The van der Waals surface area contributed by atoms with Crippen molar-refractivity contribution in [2.45, 2.75) is 27.0 Å². The third-order valence-electron chi connectivity index (χ3n) is 5.69. The van der Waals surface area contributed by atoms with Crippen LogP contribution >= 0.6 is 0 Å². The van der Waals surface area contributed by atoms with Crippen molar-refractivity contribution in [3.8, 4) is 11.5 Å². The lowest BCUT2D eigenvalue weighted by atomic mass is 10.1. The van der Waals surface area contributed by atoms with E-state index >= 15 is 0 Å². The molecule has 4 aromatic rings. The van der Waals surface area contributed by atoms with Crippen LogP contribution in [0.3, 0.4) is 0 Å². The van der Waals surface area contributed by atoms with E-state index in [1.807, 2.05) is 72.4 Å². The first-order valence-corrected chi connectivity index (χ1v) is 11.4. The minimum absolute atomic E-state index is 0.250. The van der Waals surface area contributed by atoms with Crippen molar-refractivity contribution in [2.75, 3.05) is 12.4 Å². The Morgan fingerprint density at radius 2 is 1.71 bits per heavy atom. The third-order valence-corrected chi connectivity index (χ3v) is 5.69. The van der Waals surface area contributed by atoms with Gasteiger partial charge in [-0.25, -0.2) is 0 Å². The highest BCUT2D eigenvalue weighted by Gasteiger charge is 2.08. The zero-order chi connectivity index (χ0) is 24.6. The molecule has 0 spiro atoms. The van der Waals surface area contributed by atoms with Gasteiger partial charge in [0.05, 0.1) is 13.7 Å². The van der Waals surface area contributed by atoms with E-state index in [-0.39, 0.29) is 5.91 Å². The van der Waals surface area contributed by atoms with Crippen molar-refractivity contribution in [3.05, 3.63) is 113 Å². The van der Waals surface area contributed by atoms with Crippen LogP contribution in [-0.2, 0) is 17.9 Å². The predicted molar refractivity (Wildman–Crippen MR) is 139 cm³/mol. The van der Waals surface area contributed by atoms with E-state index in [4.69, 9.17) is 9.47 Å². The number of rotatable bonds is 9. The lowest BCUT2D eigenvalue weighted by molar-refractivity contribution is -0.111. The summed E-state index contributed by atoms with van der Waals surface area (Å²) in [4.78, 5) is 12.5. The minimum Gasteiger partial charge on any atom is -0.496 e. The summed E-state index contributed by atoms with van der Waals surface area (Å²) in [7, 11) is 1.63. The van der Waals surface area contributed by atoms with Crippen LogP contribution < -0.4 is 14.8 Å². The SMILES string of the molecule is COc1ccc(/C=C/C(=O)Nc2ccn(Cc3ccccc3C)n2)cc1COc1ccccc1C. The monoisotopic (exact) mass is 467 g/mol. The Labute approximate surface area is 205 Å². The average molecular weight is 468 g/mol. The molecule has 1 aromatic heterocycles. The highest BCUT2D eigenvalue weighted by molar-refractivity contribution is 6.01. The van der Waals surface area contributed by atoms with Gasteiger partial charge in [0.2, 0.25) is 5.91 Å². The molecule has 0 saturated heterocycles. The number of nitrogens with one attached hydrogen (secondary N) is 1. The molecular formula is C29H29N3O3. The van der Waals surface area contributed by atoms with Crippen LogP contribution in [0.2, 0.25) is 0 Å². The Balaban J connectivity index is 1.38. The first-order chi connectivity index (χ1) is 17.0. The van der Waals surface area contributed by atoms with Crippen LogP contribution in [-0.4, -0.2) is 22.8 Å². The number of aryl methyl sites for hydroxylation is 2. The molecule has 6 nitrogen and oxygen atoms in total. The summed E-state index contributed by atoms with van der Waals surface area (Å²) >= 11 is 0. The highest BCUT2D eigenvalue weighted by atomic mass is 16.5. The van der Waals surface area contributed by atoms with Crippen LogP contribution in [0.5, 0.6) is 11.5 Å². The number of anilines is 1. The molecule has 1 heterocycles. The third kappa shape index (κ3) is 6.38. The molecule has 0 aliphatic heterocycles. The molecule has 3 aromatic carbocycles. The van der Waals surface area contributed by atoms with Crippen molar-refractivity contribution in [1.29, 1.82) is 0 Å². The van der Waals surface area contributed by atoms with E-state index in [9.17, 15) is 4.79 Å². The fourth-order valence-corrected chi connectivity index (χ4v) is 3.71. The standard InChI is InChI=1S/C29H29N3O3/c1-21-8-4-6-10-24(21)19-32-17-16-28(31-32)30-29(33)15-13-23-12-14-27(34-3)25(18-23)20-35-26-11-7-5-9-22(26)2/h4-18H,19-20H2,1-3H3,(H,30,31,33)/b15-13+. The summed E-state index contributed by atoms with van der Waals surface area (Å²) in [5.74, 6) is 1.83. The Hall–Kier alpha value is -4.32. The van der Waals surface area contributed by atoms with Gasteiger partial charge in [-0.2, -0.15) is 5.10 Å². The maximum absolute atomic E-state index is 12.5. The number of carbonyl (C=O) groups excluding carboxylic acids is 1. The second-order valence-corrected chi connectivity index (χ2v) is 8.27. The number of carbonyl (C=O) groups is 1. The number of amides is 1. The van der Waals surface area contributed by atoms with Crippen LogP contribution in [0.25, 0.3) is 6.08 Å². The second kappa shape index (κ2) is 11.2. The molecule has 0 aliphatic carbocycles. The molecule has 178 valence electrons.